The van der Waals surface area contributed by atoms with Crippen LogP contribution in [0.3, 0.4) is 0 Å². The molecule has 0 spiro atoms. The topological polar surface area (TPSA) is 34.1 Å². The van der Waals surface area contributed by atoms with E-state index in [9.17, 15) is 9.59 Å². The second-order valence-electron chi connectivity index (χ2n) is 5.99. The fourth-order valence-electron chi connectivity index (χ4n) is 2.68. The third-order valence-electron chi connectivity index (χ3n) is 4.08. The van der Waals surface area contributed by atoms with E-state index in [0.717, 1.165) is 0 Å². The summed E-state index contributed by atoms with van der Waals surface area (Å²) >= 11 is 0. The molecule has 0 radical (unpaired) electrons. The molecule has 0 aromatic heterocycles. The van der Waals surface area contributed by atoms with Gasteiger partial charge >= 0.3 is 0 Å². The molecule has 0 amide bonds. The summed E-state index contributed by atoms with van der Waals surface area (Å²) in [4.78, 5) is 24.9. The summed E-state index contributed by atoms with van der Waals surface area (Å²) in [7, 11) is 0. The third-order valence-corrected chi connectivity index (χ3v) is 4.08. The van der Waals surface area contributed by atoms with Crippen molar-refractivity contribution in [3.05, 3.63) is 46.5 Å². The molecule has 0 aliphatic heterocycles. The van der Waals surface area contributed by atoms with Crippen molar-refractivity contribution in [1.82, 2.24) is 0 Å². The van der Waals surface area contributed by atoms with E-state index in [-0.39, 0.29) is 11.6 Å². The number of hydrogen-bond acceptors (Lipinski definition) is 2. The molecule has 1 aromatic rings. The lowest BCUT2D eigenvalue weighted by atomic mass is 9.68. The average Bonchev–Trinajstić information content (AvgIpc) is 2.36. The standard InChI is InChI=1S/C17H20O2/c1-11(2)12(3)9-17(4)10-15(18)13-7-5-6-8-14(13)16(17)19/h5-8H,9-10H2,1-4H3. The first kappa shape index (κ1) is 13.7. The summed E-state index contributed by atoms with van der Waals surface area (Å²) in [6.07, 6.45) is 0.974. The minimum Gasteiger partial charge on any atom is -0.294 e. The van der Waals surface area contributed by atoms with Gasteiger partial charge in [0.15, 0.2) is 11.6 Å². The van der Waals surface area contributed by atoms with Gasteiger partial charge in [0.25, 0.3) is 0 Å². The molecule has 2 heteroatoms. The van der Waals surface area contributed by atoms with Crippen molar-refractivity contribution in [3.8, 4) is 0 Å². The Hall–Kier alpha value is -1.70. The second-order valence-corrected chi connectivity index (χ2v) is 5.99. The summed E-state index contributed by atoms with van der Waals surface area (Å²) in [5.41, 5.74) is 3.00. The number of ketones is 2. The molecular formula is C17H20O2. The predicted molar refractivity (Wildman–Crippen MR) is 76.5 cm³/mol. The van der Waals surface area contributed by atoms with E-state index in [1.807, 2.05) is 39.8 Å². The number of allylic oxidation sites excluding steroid dienone is 2. The molecule has 1 aromatic carbocycles. The predicted octanol–water partition coefficient (Wildman–Crippen LogP) is 4.21. The van der Waals surface area contributed by atoms with Gasteiger partial charge in [0.1, 0.15) is 0 Å². The van der Waals surface area contributed by atoms with Crippen molar-refractivity contribution >= 4 is 11.6 Å². The van der Waals surface area contributed by atoms with E-state index >= 15 is 0 Å². The molecule has 0 saturated carbocycles. The Kier molecular flexibility index (Phi) is 3.44. The molecule has 2 rings (SSSR count). The van der Waals surface area contributed by atoms with E-state index in [1.54, 1.807) is 12.1 Å². The molecule has 0 bridgehead atoms. The number of hydrogen-bond donors (Lipinski definition) is 0. The maximum Gasteiger partial charge on any atom is 0.170 e. The van der Waals surface area contributed by atoms with Crippen molar-refractivity contribution in [2.24, 2.45) is 5.41 Å². The average molecular weight is 256 g/mol. The zero-order chi connectivity index (χ0) is 14.2. The van der Waals surface area contributed by atoms with Crippen LogP contribution < -0.4 is 0 Å². The lowest BCUT2D eigenvalue weighted by Gasteiger charge is -2.33. The van der Waals surface area contributed by atoms with Crippen LogP contribution in [0.2, 0.25) is 0 Å². The molecule has 100 valence electrons. The smallest absolute Gasteiger partial charge is 0.170 e. The molecule has 1 aliphatic rings. The third kappa shape index (κ3) is 2.40. The van der Waals surface area contributed by atoms with Crippen LogP contribution in [0.25, 0.3) is 0 Å². The van der Waals surface area contributed by atoms with Crippen LogP contribution in [0, 0.1) is 5.41 Å². The Morgan fingerprint density at radius 1 is 1.11 bits per heavy atom. The molecule has 19 heavy (non-hydrogen) atoms. The first-order valence-electron chi connectivity index (χ1n) is 6.65. The van der Waals surface area contributed by atoms with Gasteiger partial charge in [-0.15, -0.1) is 0 Å². The molecule has 0 fully saturated rings. The Morgan fingerprint density at radius 3 is 2.26 bits per heavy atom. The summed E-state index contributed by atoms with van der Waals surface area (Å²) < 4.78 is 0. The summed E-state index contributed by atoms with van der Waals surface area (Å²) in [6.45, 7) is 8.04. The minimum absolute atomic E-state index is 0.0826. The van der Waals surface area contributed by atoms with Crippen molar-refractivity contribution < 1.29 is 9.59 Å². The number of carbonyl (C=O) groups excluding carboxylic acids is 2. The van der Waals surface area contributed by atoms with Gasteiger partial charge in [0.2, 0.25) is 0 Å². The van der Waals surface area contributed by atoms with Crippen molar-refractivity contribution in [2.45, 2.75) is 40.5 Å². The van der Waals surface area contributed by atoms with Gasteiger partial charge in [-0.1, -0.05) is 42.3 Å². The van der Waals surface area contributed by atoms with Crippen LogP contribution in [-0.2, 0) is 0 Å². The molecule has 0 saturated heterocycles. The highest BCUT2D eigenvalue weighted by atomic mass is 16.1. The number of rotatable bonds is 2. The first-order valence-corrected chi connectivity index (χ1v) is 6.65. The number of fused-ring (bicyclic) bond motifs is 1. The number of Topliss-reactive ketones (excluding diaryl/α,β-unsaturated/α-hetero) is 2. The zero-order valence-electron chi connectivity index (χ0n) is 12.0. The number of benzene rings is 1. The quantitative estimate of drug-likeness (QED) is 0.743. The molecule has 0 N–H and O–H groups in total. The van der Waals surface area contributed by atoms with Gasteiger partial charge in [-0.3, -0.25) is 9.59 Å². The highest BCUT2D eigenvalue weighted by Gasteiger charge is 2.42. The van der Waals surface area contributed by atoms with E-state index in [1.165, 1.54) is 11.1 Å². The van der Waals surface area contributed by atoms with Gasteiger partial charge in [0, 0.05) is 23.0 Å². The normalized spacial score (nSPS) is 22.1. The maximum absolute atomic E-state index is 12.7. The minimum atomic E-state index is -0.590. The van der Waals surface area contributed by atoms with Crippen LogP contribution in [0.1, 0.15) is 61.3 Å². The second kappa shape index (κ2) is 4.76. The maximum atomic E-state index is 12.7. The van der Waals surface area contributed by atoms with Crippen molar-refractivity contribution in [1.29, 1.82) is 0 Å². The highest BCUT2D eigenvalue weighted by Crippen LogP contribution is 2.40. The lowest BCUT2D eigenvalue weighted by Crippen LogP contribution is -2.36. The SMILES string of the molecule is CC(C)=C(C)CC1(C)CC(=O)c2ccccc2C1=O. The highest BCUT2D eigenvalue weighted by molar-refractivity contribution is 6.16. The molecular weight excluding hydrogens is 236 g/mol. The van der Waals surface area contributed by atoms with Gasteiger partial charge in [0.05, 0.1) is 0 Å². The zero-order valence-corrected chi connectivity index (χ0v) is 12.0. The van der Waals surface area contributed by atoms with Crippen LogP contribution in [0.5, 0.6) is 0 Å². The van der Waals surface area contributed by atoms with Gasteiger partial charge in [-0.25, -0.2) is 0 Å². The van der Waals surface area contributed by atoms with Crippen LogP contribution in [0.4, 0.5) is 0 Å². The largest absolute Gasteiger partial charge is 0.294 e. The molecule has 1 aliphatic carbocycles. The van der Waals surface area contributed by atoms with Gasteiger partial charge < -0.3 is 0 Å². The van der Waals surface area contributed by atoms with Gasteiger partial charge in [-0.2, -0.15) is 0 Å². The summed E-state index contributed by atoms with van der Waals surface area (Å²) in [5.74, 6) is 0.183. The van der Waals surface area contributed by atoms with Gasteiger partial charge in [-0.05, 0) is 27.2 Å². The van der Waals surface area contributed by atoms with E-state index in [2.05, 4.69) is 0 Å². The Morgan fingerprint density at radius 2 is 1.68 bits per heavy atom. The van der Waals surface area contributed by atoms with Crippen LogP contribution in [-0.4, -0.2) is 11.6 Å². The fourth-order valence-corrected chi connectivity index (χ4v) is 2.68. The van der Waals surface area contributed by atoms with Crippen molar-refractivity contribution in [2.75, 3.05) is 0 Å². The summed E-state index contributed by atoms with van der Waals surface area (Å²) in [6, 6.07) is 7.16. The van der Waals surface area contributed by atoms with E-state index in [4.69, 9.17) is 0 Å². The van der Waals surface area contributed by atoms with Crippen LogP contribution >= 0.6 is 0 Å². The lowest BCUT2D eigenvalue weighted by molar-refractivity contribution is 0.0713. The van der Waals surface area contributed by atoms with E-state index in [0.29, 0.717) is 24.0 Å². The Bertz CT molecular complexity index is 577. The monoisotopic (exact) mass is 256 g/mol. The van der Waals surface area contributed by atoms with Crippen molar-refractivity contribution in [3.63, 3.8) is 0 Å². The van der Waals surface area contributed by atoms with Crippen LogP contribution in [0.15, 0.2) is 35.4 Å². The molecule has 1 unspecified atom stereocenters. The molecule has 2 nitrogen and oxygen atoms in total. The van der Waals surface area contributed by atoms with E-state index < -0.39 is 5.41 Å². The Labute approximate surface area is 114 Å². The summed E-state index contributed by atoms with van der Waals surface area (Å²) in [5, 5.41) is 0. The fraction of sp³-hybridized carbons (Fsp3) is 0.412. The Balaban J connectivity index is 2.44. The number of carbonyl (C=O) groups is 2. The molecule has 1 atom stereocenters. The molecule has 0 heterocycles. The first-order chi connectivity index (χ1) is 8.85.